The predicted molar refractivity (Wildman–Crippen MR) is 80.3 cm³/mol. The van der Waals surface area contributed by atoms with Gasteiger partial charge in [0.1, 0.15) is 5.82 Å². The zero-order valence-corrected chi connectivity index (χ0v) is 12.2. The van der Waals surface area contributed by atoms with E-state index in [2.05, 4.69) is 17.6 Å². The first-order valence-corrected chi connectivity index (χ1v) is 7.85. The van der Waals surface area contributed by atoms with Gasteiger partial charge in [-0.2, -0.15) is 0 Å². The Morgan fingerprint density at radius 3 is 2.76 bits per heavy atom. The minimum atomic E-state index is -0.668. The predicted octanol–water partition coefficient (Wildman–Crippen LogP) is 3.59. The van der Waals surface area contributed by atoms with Gasteiger partial charge in [0.25, 0.3) is 0 Å². The van der Waals surface area contributed by atoms with Gasteiger partial charge in [0.05, 0.1) is 17.0 Å². The number of rotatable bonds is 3. The summed E-state index contributed by atoms with van der Waals surface area (Å²) in [6.45, 7) is 2.15. The van der Waals surface area contributed by atoms with E-state index in [-0.39, 0.29) is 11.8 Å². The number of imidazole rings is 1. The van der Waals surface area contributed by atoms with E-state index < -0.39 is 5.97 Å². The number of carboxylic acid groups (broad SMARTS) is 1. The molecule has 2 aliphatic rings. The van der Waals surface area contributed by atoms with Crippen LogP contribution in [0.3, 0.4) is 0 Å². The van der Waals surface area contributed by atoms with Crippen molar-refractivity contribution in [2.75, 3.05) is 0 Å². The highest BCUT2D eigenvalue weighted by Gasteiger charge is 2.42. The number of aliphatic carboxylic acids is 1. The van der Waals surface area contributed by atoms with Gasteiger partial charge in [-0.1, -0.05) is 19.1 Å². The van der Waals surface area contributed by atoms with Gasteiger partial charge in [-0.25, -0.2) is 4.98 Å². The Morgan fingerprint density at radius 2 is 2.05 bits per heavy atom. The van der Waals surface area contributed by atoms with Gasteiger partial charge in [-0.05, 0) is 43.7 Å². The number of benzene rings is 1. The molecule has 0 radical (unpaired) electrons. The van der Waals surface area contributed by atoms with Crippen LogP contribution in [0.4, 0.5) is 0 Å². The standard InChI is InChI=1S/C17H20N2O2/c1-10-8-12(13(9-10)17(20)21)16-18-14-4-2-3-5-15(14)19(16)11-6-7-11/h2-5,10-13H,6-9H2,1H3,(H,20,21). The van der Waals surface area contributed by atoms with Gasteiger partial charge in [0.2, 0.25) is 0 Å². The summed E-state index contributed by atoms with van der Waals surface area (Å²) >= 11 is 0. The topological polar surface area (TPSA) is 55.1 Å². The molecule has 2 saturated carbocycles. The largest absolute Gasteiger partial charge is 0.481 e. The monoisotopic (exact) mass is 284 g/mol. The number of aromatic nitrogens is 2. The summed E-state index contributed by atoms with van der Waals surface area (Å²) in [6.07, 6.45) is 4.08. The van der Waals surface area contributed by atoms with Crippen LogP contribution in [-0.4, -0.2) is 20.6 Å². The third-order valence-electron chi connectivity index (χ3n) is 4.98. The van der Waals surface area contributed by atoms with Crippen LogP contribution >= 0.6 is 0 Å². The summed E-state index contributed by atoms with van der Waals surface area (Å²) < 4.78 is 2.33. The molecule has 0 bridgehead atoms. The molecule has 1 N–H and O–H groups in total. The fourth-order valence-electron chi connectivity index (χ4n) is 3.89. The normalized spacial score (nSPS) is 29.1. The number of carboxylic acids is 1. The van der Waals surface area contributed by atoms with Gasteiger partial charge in [-0.3, -0.25) is 4.79 Å². The van der Waals surface area contributed by atoms with Gasteiger partial charge >= 0.3 is 5.97 Å². The molecule has 2 fully saturated rings. The van der Waals surface area contributed by atoms with Gasteiger partial charge in [-0.15, -0.1) is 0 Å². The second-order valence-corrected chi connectivity index (χ2v) is 6.69. The maximum Gasteiger partial charge on any atom is 0.307 e. The van der Waals surface area contributed by atoms with E-state index in [1.807, 2.05) is 18.2 Å². The van der Waals surface area contributed by atoms with Crippen LogP contribution in [-0.2, 0) is 4.79 Å². The number of nitrogens with zero attached hydrogens (tertiary/aromatic N) is 2. The van der Waals surface area contributed by atoms with Crippen LogP contribution in [0.1, 0.15) is 50.4 Å². The second kappa shape index (κ2) is 4.58. The lowest BCUT2D eigenvalue weighted by Gasteiger charge is -2.17. The van der Waals surface area contributed by atoms with E-state index in [1.54, 1.807) is 0 Å². The molecule has 0 saturated heterocycles. The van der Waals surface area contributed by atoms with E-state index in [0.717, 1.165) is 24.2 Å². The Balaban J connectivity index is 1.85. The molecule has 0 aliphatic heterocycles. The first kappa shape index (κ1) is 12.9. The molecule has 4 rings (SSSR count). The molecule has 1 heterocycles. The zero-order chi connectivity index (χ0) is 14.6. The fraction of sp³-hybridized carbons (Fsp3) is 0.529. The Bertz CT molecular complexity index is 702. The maximum atomic E-state index is 11.6. The summed E-state index contributed by atoms with van der Waals surface area (Å²) in [5.74, 6) is 0.581. The van der Waals surface area contributed by atoms with E-state index in [0.29, 0.717) is 12.0 Å². The Hall–Kier alpha value is -1.84. The lowest BCUT2D eigenvalue weighted by atomic mass is 9.95. The molecule has 3 atom stereocenters. The molecule has 21 heavy (non-hydrogen) atoms. The van der Waals surface area contributed by atoms with Crippen molar-refractivity contribution in [1.82, 2.24) is 9.55 Å². The van der Waals surface area contributed by atoms with Crippen molar-refractivity contribution in [2.45, 2.75) is 44.6 Å². The number of fused-ring (bicyclic) bond motifs is 1. The third kappa shape index (κ3) is 2.04. The number of carbonyl (C=O) groups is 1. The van der Waals surface area contributed by atoms with Crippen LogP contribution in [0.25, 0.3) is 11.0 Å². The molecule has 110 valence electrons. The third-order valence-corrected chi connectivity index (χ3v) is 4.98. The van der Waals surface area contributed by atoms with Gasteiger partial charge < -0.3 is 9.67 Å². The van der Waals surface area contributed by atoms with Crippen molar-refractivity contribution < 1.29 is 9.90 Å². The molecule has 4 heteroatoms. The number of hydrogen-bond donors (Lipinski definition) is 1. The molecular weight excluding hydrogens is 264 g/mol. The first-order valence-electron chi connectivity index (χ1n) is 7.85. The molecular formula is C17H20N2O2. The smallest absolute Gasteiger partial charge is 0.307 e. The van der Waals surface area contributed by atoms with Crippen molar-refractivity contribution in [3.05, 3.63) is 30.1 Å². The van der Waals surface area contributed by atoms with Crippen molar-refractivity contribution >= 4 is 17.0 Å². The van der Waals surface area contributed by atoms with Gasteiger partial charge in [0, 0.05) is 12.0 Å². The lowest BCUT2D eigenvalue weighted by Crippen LogP contribution is -2.20. The Morgan fingerprint density at radius 1 is 1.29 bits per heavy atom. The SMILES string of the molecule is CC1CC(C(=O)O)C(c2nc3ccccc3n2C2CC2)C1. The summed E-state index contributed by atoms with van der Waals surface area (Å²) in [4.78, 5) is 16.4. The Labute approximate surface area is 123 Å². The zero-order valence-electron chi connectivity index (χ0n) is 12.2. The van der Waals surface area contributed by atoms with Crippen molar-refractivity contribution in [3.8, 4) is 0 Å². The van der Waals surface area contributed by atoms with Crippen LogP contribution in [0.2, 0.25) is 0 Å². The molecule has 0 amide bonds. The van der Waals surface area contributed by atoms with Crippen LogP contribution in [0.5, 0.6) is 0 Å². The highest BCUT2D eigenvalue weighted by Crippen LogP contribution is 2.47. The molecule has 1 aromatic carbocycles. The highest BCUT2D eigenvalue weighted by atomic mass is 16.4. The summed E-state index contributed by atoms with van der Waals surface area (Å²) in [7, 11) is 0. The minimum absolute atomic E-state index is 0.0606. The summed E-state index contributed by atoms with van der Waals surface area (Å²) in [5.41, 5.74) is 2.17. The van der Waals surface area contributed by atoms with Crippen LogP contribution in [0, 0.1) is 11.8 Å². The summed E-state index contributed by atoms with van der Waals surface area (Å²) in [5, 5.41) is 9.55. The van der Waals surface area contributed by atoms with Crippen LogP contribution < -0.4 is 0 Å². The lowest BCUT2D eigenvalue weighted by molar-refractivity contribution is -0.142. The Kier molecular flexibility index (Phi) is 2.81. The minimum Gasteiger partial charge on any atom is -0.481 e. The first-order chi connectivity index (χ1) is 10.1. The molecule has 2 aromatic rings. The van der Waals surface area contributed by atoms with Crippen molar-refractivity contribution in [1.29, 1.82) is 0 Å². The quantitative estimate of drug-likeness (QED) is 0.937. The van der Waals surface area contributed by atoms with E-state index in [4.69, 9.17) is 4.98 Å². The molecule has 1 aromatic heterocycles. The van der Waals surface area contributed by atoms with Gasteiger partial charge in [0.15, 0.2) is 0 Å². The number of hydrogen-bond acceptors (Lipinski definition) is 2. The summed E-state index contributed by atoms with van der Waals surface area (Å²) in [6, 6.07) is 8.71. The maximum absolute atomic E-state index is 11.6. The molecule has 3 unspecified atom stereocenters. The van der Waals surface area contributed by atoms with E-state index >= 15 is 0 Å². The van der Waals surface area contributed by atoms with E-state index in [9.17, 15) is 9.90 Å². The second-order valence-electron chi connectivity index (χ2n) is 6.69. The van der Waals surface area contributed by atoms with Crippen molar-refractivity contribution in [2.24, 2.45) is 11.8 Å². The average molecular weight is 284 g/mol. The molecule has 0 spiro atoms. The van der Waals surface area contributed by atoms with Crippen LogP contribution in [0.15, 0.2) is 24.3 Å². The van der Waals surface area contributed by atoms with E-state index in [1.165, 1.54) is 18.4 Å². The van der Waals surface area contributed by atoms with Crippen molar-refractivity contribution in [3.63, 3.8) is 0 Å². The average Bonchev–Trinajstić information content (AvgIpc) is 3.10. The molecule has 2 aliphatic carbocycles. The highest BCUT2D eigenvalue weighted by molar-refractivity contribution is 5.77. The number of para-hydroxylation sites is 2. The molecule has 4 nitrogen and oxygen atoms in total. The fourth-order valence-corrected chi connectivity index (χ4v) is 3.89.